The Morgan fingerprint density at radius 1 is 1.09 bits per heavy atom. The van der Waals surface area contributed by atoms with Crippen LogP contribution in [0.2, 0.25) is 0 Å². The molecule has 22 heavy (non-hydrogen) atoms. The van der Waals surface area contributed by atoms with Gasteiger partial charge in [-0.15, -0.1) is 0 Å². The summed E-state index contributed by atoms with van der Waals surface area (Å²) in [6.45, 7) is 8.79. The number of aryl methyl sites for hydroxylation is 1. The molecular weight excluding hydrogens is 278 g/mol. The van der Waals surface area contributed by atoms with E-state index in [4.69, 9.17) is 0 Å². The van der Waals surface area contributed by atoms with E-state index in [1.807, 2.05) is 31.2 Å². The molecule has 2 aliphatic heterocycles. The second kappa shape index (κ2) is 6.18. The van der Waals surface area contributed by atoms with E-state index in [0.29, 0.717) is 6.42 Å². The van der Waals surface area contributed by atoms with Gasteiger partial charge < -0.3 is 4.90 Å². The number of likely N-dealkylation sites (N-methyl/N-ethyl adjacent to an activating group) is 1. The van der Waals surface area contributed by atoms with Crippen molar-refractivity contribution in [3.05, 3.63) is 29.8 Å². The molecule has 0 radical (unpaired) electrons. The van der Waals surface area contributed by atoms with E-state index in [1.165, 1.54) is 4.90 Å². The molecule has 2 fully saturated rings. The number of nitrogens with zero attached hydrogens (tertiary/aromatic N) is 3. The lowest BCUT2D eigenvalue weighted by atomic mass is 10.1. The Labute approximate surface area is 131 Å². The van der Waals surface area contributed by atoms with Crippen LogP contribution in [0.1, 0.15) is 18.9 Å². The normalized spacial score (nSPS) is 24.3. The van der Waals surface area contributed by atoms with Gasteiger partial charge in [-0.1, -0.05) is 25.1 Å². The van der Waals surface area contributed by atoms with Gasteiger partial charge in [0.25, 0.3) is 5.91 Å². The summed E-state index contributed by atoms with van der Waals surface area (Å²) >= 11 is 0. The van der Waals surface area contributed by atoms with E-state index in [9.17, 15) is 9.59 Å². The monoisotopic (exact) mass is 301 g/mol. The lowest BCUT2D eigenvalue weighted by molar-refractivity contribution is -0.123. The molecule has 3 rings (SSSR count). The molecule has 5 nitrogen and oxygen atoms in total. The van der Waals surface area contributed by atoms with Crippen molar-refractivity contribution in [1.82, 2.24) is 9.80 Å². The van der Waals surface area contributed by atoms with Crippen LogP contribution in [0, 0.1) is 6.92 Å². The number of imide groups is 1. The van der Waals surface area contributed by atoms with Gasteiger partial charge in [-0.3, -0.25) is 14.5 Å². The van der Waals surface area contributed by atoms with Crippen LogP contribution in [0.3, 0.4) is 0 Å². The molecule has 0 saturated carbocycles. The van der Waals surface area contributed by atoms with E-state index < -0.39 is 0 Å². The van der Waals surface area contributed by atoms with Crippen LogP contribution >= 0.6 is 0 Å². The molecule has 0 aromatic heterocycles. The topological polar surface area (TPSA) is 43.9 Å². The number of benzene rings is 1. The number of hydrogen-bond donors (Lipinski definition) is 0. The molecular formula is C17H23N3O2. The zero-order chi connectivity index (χ0) is 15.7. The molecule has 0 unspecified atom stereocenters. The molecule has 1 atom stereocenters. The Balaban J connectivity index is 1.76. The minimum absolute atomic E-state index is 0.0655. The zero-order valence-corrected chi connectivity index (χ0v) is 13.3. The van der Waals surface area contributed by atoms with Gasteiger partial charge in [0.1, 0.15) is 0 Å². The van der Waals surface area contributed by atoms with Gasteiger partial charge in [-0.25, -0.2) is 4.90 Å². The first-order chi connectivity index (χ1) is 10.6. The number of anilines is 1. The average molecular weight is 301 g/mol. The Bertz CT molecular complexity index is 579. The van der Waals surface area contributed by atoms with Crippen LogP contribution in [-0.2, 0) is 9.59 Å². The van der Waals surface area contributed by atoms with E-state index in [0.717, 1.165) is 44.0 Å². The van der Waals surface area contributed by atoms with Gasteiger partial charge in [0.2, 0.25) is 5.91 Å². The molecule has 118 valence electrons. The van der Waals surface area contributed by atoms with Crippen LogP contribution in [0.5, 0.6) is 0 Å². The molecule has 0 spiro atoms. The minimum atomic E-state index is -0.286. The fraction of sp³-hybridized carbons (Fsp3) is 0.529. The molecule has 2 heterocycles. The maximum atomic E-state index is 12.8. The standard InChI is InChI=1S/C17H23N3O2/c1-3-18-8-10-19(11-9-18)15-12-16(21)20(17(15)22)14-7-5-4-6-13(14)2/h4-7,15H,3,8-12H2,1-2H3/t15-/m0/s1. The van der Waals surface area contributed by atoms with Crippen LogP contribution in [0.25, 0.3) is 0 Å². The summed E-state index contributed by atoms with van der Waals surface area (Å²) in [5.41, 5.74) is 1.69. The Morgan fingerprint density at radius 2 is 1.77 bits per heavy atom. The Morgan fingerprint density at radius 3 is 2.41 bits per heavy atom. The molecule has 0 aliphatic carbocycles. The van der Waals surface area contributed by atoms with Crippen molar-refractivity contribution in [3.63, 3.8) is 0 Å². The average Bonchev–Trinajstić information content (AvgIpc) is 2.83. The van der Waals surface area contributed by atoms with Gasteiger partial charge in [0.15, 0.2) is 0 Å². The van der Waals surface area contributed by atoms with Crippen molar-refractivity contribution in [1.29, 1.82) is 0 Å². The number of carbonyl (C=O) groups excluding carboxylic acids is 2. The summed E-state index contributed by atoms with van der Waals surface area (Å²) < 4.78 is 0. The van der Waals surface area contributed by atoms with Crippen molar-refractivity contribution in [2.45, 2.75) is 26.3 Å². The van der Waals surface area contributed by atoms with Crippen molar-refractivity contribution >= 4 is 17.5 Å². The summed E-state index contributed by atoms with van der Waals surface area (Å²) in [5.74, 6) is -0.147. The highest BCUT2D eigenvalue weighted by atomic mass is 16.2. The second-order valence-corrected chi connectivity index (χ2v) is 6.04. The number of amides is 2. The number of piperazine rings is 1. The maximum absolute atomic E-state index is 12.8. The molecule has 2 amide bonds. The fourth-order valence-electron chi connectivity index (χ4n) is 3.36. The van der Waals surface area contributed by atoms with Crippen molar-refractivity contribution in [3.8, 4) is 0 Å². The third-order valence-corrected chi connectivity index (χ3v) is 4.77. The third-order valence-electron chi connectivity index (χ3n) is 4.77. The molecule has 0 bridgehead atoms. The summed E-state index contributed by atoms with van der Waals surface area (Å²) in [5, 5.41) is 0. The molecule has 1 aromatic carbocycles. The molecule has 5 heteroatoms. The first-order valence-electron chi connectivity index (χ1n) is 8.00. The van der Waals surface area contributed by atoms with Crippen molar-refractivity contribution < 1.29 is 9.59 Å². The van der Waals surface area contributed by atoms with E-state index in [2.05, 4.69) is 16.7 Å². The lowest BCUT2D eigenvalue weighted by Gasteiger charge is -2.36. The van der Waals surface area contributed by atoms with E-state index in [1.54, 1.807) is 0 Å². The van der Waals surface area contributed by atoms with Crippen LogP contribution in [-0.4, -0.2) is 60.4 Å². The van der Waals surface area contributed by atoms with Crippen LogP contribution < -0.4 is 4.90 Å². The van der Waals surface area contributed by atoms with Gasteiger partial charge in [-0.2, -0.15) is 0 Å². The minimum Gasteiger partial charge on any atom is -0.301 e. The first-order valence-corrected chi connectivity index (χ1v) is 8.00. The SMILES string of the molecule is CCN1CCN([C@H]2CC(=O)N(c3ccccc3C)C2=O)CC1. The third kappa shape index (κ3) is 2.66. The highest BCUT2D eigenvalue weighted by Crippen LogP contribution is 2.28. The first kappa shape index (κ1) is 15.2. The summed E-state index contributed by atoms with van der Waals surface area (Å²) in [7, 11) is 0. The predicted octanol–water partition coefficient (Wildman–Crippen LogP) is 1.26. The fourth-order valence-corrected chi connectivity index (χ4v) is 3.36. The number of rotatable bonds is 3. The molecule has 0 N–H and O–H groups in total. The molecule has 1 aromatic rings. The van der Waals surface area contributed by atoms with E-state index >= 15 is 0 Å². The number of hydrogen-bond acceptors (Lipinski definition) is 4. The van der Waals surface area contributed by atoms with Gasteiger partial charge in [0.05, 0.1) is 18.2 Å². The number of para-hydroxylation sites is 1. The largest absolute Gasteiger partial charge is 0.301 e. The zero-order valence-electron chi connectivity index (χ0n) is 13.3. The maximum Gasteiger partial charge on any atom is 0.251 e. The summed E-state index contributed by atoms with van der Waals surface area (Å²) in [6, 6.07) is 7.29. The molecule has 2 aliphatic rings. The summed E-state index contributed by atoms with van der Waals surface area (Å²) in [4.78, 5) is 31.1. The Kier molecular flexibility index (Phi) is 4.27. The molecule has 2 saturated heterocycles. The van der Waals surface area contributed by atoms with Gasteiger partial charge in [-0.05, 0) is 25.1 Å². The summed E-state index contributed by atoms with van der Waals surface area (Å²) in [6.07, 6.45) is 0.305. The van der Waals surface area contributed by atoms with Crippen molar-refractivity contribution in [2.24, 2.45) is 0 Å². The predicted molar refractivity (Wildman–Crippen MR) is 85.8 cm³/mol. The van der Waals surface area contributed by atoms with Gasteiger partial charge >= 0.3 is 0 Å². The van der Waals surface area contributed by atoms with Crippen LogP contribution in [0.4, 0.5) is 5.69 Å². The number of carbonyl (C=O) groups is 2. The lowest BCUT2D eigenvalue weighted by Crippen LogP contribution is -2.52. The van der Waals surface area contributed by atoms with Crippen molar-refractivity contribution in [2.75, 3.05) is 37.6 Å². The second-order valence-electron chi connectivity index (χ2n) is 6.04. The van der Waals surface area contributed by atoms with E-state index in [-0.39, 0.29) is 17.9 Å². The quantitative estimate of drug-likeness (QED) is 0.789. The highest BCUT2D eigenvalue weighted by molar-refractivity contribution is 6.22. The van der Waals surface area contributed by atoms with Gasteiger partial charge in [0, 0.05) is 26.2 Å². The smallest absolute Gasteiger partial charge is 0.251 e. The van der Waals surface area contributed by atoms with Crippen LogP contribution in [0.15, 0.2) is 24.3 Å². The highest BCUT2D eigenvalue weighted by Gasteiger charge is 2.43. The Hall–Kier alpha value is -1.72.